The molecule has 1 heterocycles. The van der Waals surface area contributed by atoms with Gasteiger partial charge in [-0.05, 0) is 47.3 Å². The Morgan fingerprint density at radius 2 is 2.05 bits per heavy atom. The SMILES string of the molecule is Cc1ccc(-c2nc(N)c(Br)c(C3CC3)n2)cc1Cl. The Labute approximate surface area is 125 Å². The van der Waals surface area contributed by atoms with Gasteiger partial charge in [0, 0.05) is 16.5 Å². The molecule has 0 radical (unpaired) electrons. The molecule has 0 aliphatic heterocycles. The summed E-state index contributed by atoms with van der Waals surface area (Å²) in [5.74, 6) is 1.65. The molecule has 0 bridgehead atoms. The van der Waals surface area contributed by atoms with Crippen molar-refractivity contribution in [3.05, 3.63) is 39.0 Å². The fourth-order valence-corrected chi connectivity index (χ4v) is 2.65. The van der Waals surface area contributed by atoms with Crippen LogP contribution in [0.1, 0.15) is 30.0 Å². The summed E-state index contributed by atoms with van der Waals surface area (Å²) in [7, 11) is 0. The lowest BCUT2D eigenvalue weighted by Gasteiger charge is -2.09. The average Bonchev–Trinajstić information content (AvgIpc) is 3.20. The number of nitrogens with zero attached hydrogens (tertiary/aromatic N) is 2. The number of aromatic nitrogens is 2. The quantitative estimate of drug-likeness (QED) is 0.887. The Hall–Kier alpha value is -1.13. The number of rotatable bonds is 2. The van der Waals surface area contributed by atoms with E-state index in [1.807, 2.05) is 25.1 Å². The maximum Gasteiger partial charge on any atom is 0.161 e. The van der Waals surface area contributed by atoms with Crippen molar-refractivity contribution < 1.29 is 0 Å². The van der Waals surface area contributed by atoms with Gasteiger partial charge in [-0.1, -0.05) is 23.7 Å². The summed E-state index contributed by atoms with van der Waals surface area (Å²) in [6.45, 7) is 1.97. The summed E-state index contributed by atoms with van der Waals surface area (Å²) in [6.07, 6.45) is 2.34. The van der Waals surface area contributed by atoms with Crippen LogP contribution >= 0.6 is 27.5 Å². The molecule has 0 unspecified atom stereocenters. The molecule has 1 aromatic carbocycles. The molecule has 0 saturated heterocycles. The number of halogens is 2. The normalized spacial score (nSPS) is 14.7. The van der Waals surface area contributed by atoms with E-state index in [2.05, 4.69) is 25.9 Å². The zero-order chi connectivity index (χ0) is 13.6. The first-order valence-electron chi connectivity index (χ1n) is 6.15. The second kappa shape index (κ2) is 4.76. The Morgan fingerprint density at radius 3 is 2.68 bits per heavy atom. The predicted octanol–water partition coefficient (Wildman–Crippen LogP) is 4.33. The van der Waals surface area contributed by atoms with Crippen LogP contribution in [0.2, 0.25) is 5.02 Å². The van der Waals surface area contributed by atoms with Crippen molar-refractivity contribution >= 4 is 33.3 Å². The van der Waals surface area contributed by atoms with Crippen LogP contribution in [-0.2, 0) is 0 Å². The van der Waals surface area contributed by atoms with Crippen molar-refractivity contribution in [1.82, 2.24) is 9.97 Å². The first kappa shape index (κ1) is 12.9. The highest BCUT2D eigenvalue weighted by atomic mass is 79.9. The van der Waals surface area contributed by atoms with E-state index in [1.54, 1.807) is 0 Å². The van der Waals surface area contributed by atoms with Gasteiger partial charge in [-0.15, -0.1) is 0 Å². The van der Waals surface area contributed by atoms with Gasteiger partial charge in [0.15, 0.2) is 5.82 Å². The topological polar surface area (TPSA) is 51.8 Å². The van der Waals surface area contributed by atoms with Gasteiger partial charge in [-0.3, -0.25) is 0 Å². The van der Waals surface area contributed by atoms with Crippen molar-refractivity contribution in [3.63, 3.8) is 0 Å². The molecule has 1 saturated carbocycles. The minimum absolute atomic E-state index is 0.489. The third-order valence-corrected chi connectivity index (χ3v) is 4.52. The molecule has 1 aliphatic carbocycles. The highest BCUT2D eigenvalue weighted by molar-refractivity contribution is 9.10. The molecule has 3 nitrogen and oxygen atoms in total. The molecule has 0 spiro atoms. The van der Waals surface area contributed by atoms with Crippen LogP contribution in [0.3, 0.4) is 0 Å². The van der Waals surface area contributed by atoms with Crippen molar-refractivity contribution in [2.75, 3.05) is 5.73 Å². The van der Waals surface area contributed by atoms with Crippen LogP contribution in [0, 0.1) is 6.92 Å². The number of aryl methyl sites for hydroxylation is 1. The zero-order valence-corrected chi connectivity index (χ0v) is 12.8. The number of benzene rings is 1. The lowest BCUT2D eigenvalue weighted by molar-refractivity contribution is 0.984. The molecule has 0 atom stereocenters. The van der Waals surface area contributed by atoms with Crippen molar-refractivity contribution in [2.45, 2.75) is 25.7 Å². The van der Waals surface area contributed by atoms with Crippen LogP contribution in [0.5, 0.6) is 0 Å². The fourth-order valence-electron chi connectivity index (χ4n) is 1.97. The van der Waals surface area contributed by atoms with E-state index >= 15 is 0 Å². The summed E-state index contributed by atoms with van der Waals surface area (Å²) < 4.78 is 0.831. The maximum atomic E-state index is 6.15. The van der Waals surface area contributed by atoms with Gasteiger partial charge in [0.25, 0.3) is 0 Å². The van der Waals surface area contributed by atoms with Gasteiger partial charge in [0.05, 0.1) is 10.2 Å². The number of anilines is 1. The Bertz CT molecular complexity index is 653. The summed E-state index contributed by atoms with van der Waals surface area (Å²) >= 11 is 9.63. The number of nitrogen functional groups attached to an aromatic ring is 1. The van der Waals surface area contributed by atoms with E-state index in [1.165, 1.54) is 12.8 Å². The van der Waals surface area contributed by atoms with Crippen LogP contribution in [0.4, 0.5) is 5.82 Å². The smallest absolute Gasteiger partial charge is 0.161 e. The summed E-state index contributed by atoms with van der Waals surface area (Å²) in [4.78, 5) is 8.99. The van der Waals surface area contributed by atoms with E-state index in [9.17, 15) is 0 Å². The van der Waals surface area contributed by atoms with Gasteiger partial charge in [-0.2, -0.15) is 0 Å². The third kappa shape index (κ3) is 2.47. The Balaban J connectivity index is 2.11. The van der Waals surface area contributed by atoms with Crippen LogP contribution < -0.4 is 5.73 Å². The maximum absolute atomic E-state index is 6.15. The number of nitrogens with two attached hydrogens (primary N) is 1. The summed E-state index contributed by atoms with van der Waals surface area (Å²) in [5, 5.41) is 0.718. The Kier molecular flexibility index (Phi) is 3.23. The Morgan fingerprint density at radius 1 is 1.32 bits per heavy atom. The molecule has 5 heteroatoms. The van der Waals surface area contributed by atoms with Crippen molar-refractivity contribution in [3.8, 4) is 11.4 Å². The van der Waals surface area contributed by atoms with Gasteiger partial charge in [0.1, 0.15) is 5.82 Å². The largest absolute Gasteiger partial charge is 0.383 e. The minimum Gasteiger partial charge on any atom is -0.383 e. The zero-order valence-electron chi connectivity index (χ0n) is 10.5. The summed E-state index contributed by atoms with van der Waals surface area (Å²) in [6, 6.07) is 5.83. The lowest BCUT2D eigenvalue weighted by Crippen LogP contribution is -2.02. The van der Waals surface area contributed by atoms with E-state index in [-0.39, 0.29) is 0 Å². The van der Waals surface area contributed by atoms with Crippen LogP contribution in [0.15, 0.2) is 22.7 Å². The highest BCUT2D eigenvalue weighted by Gasteiger charge is 2.29. The fraction of sp³-hybridized carbons (Fsp3) is 0.286. The standard InChI is InChI=1S/C14H13BrClN3/c1-7-2-3-9(6-10(7)16)14-18-12(8-4-5-8)11(15)13(17)19-14/h2-3,6,8H,4-5H2,1H3,(H2,17,18,19). The van der Waals surface area contributed by atoms with E-state index in [0.29, 0.717) is 17.6 Å². The number of hydrogen-bond donors (Lipinski definition) is 1. The van der Waals surface area contributed by atoms with Gasteiger partial charge < -0.3 is 5.73 Å². The molecular formula is C14H13BrClN3. The minimum atomic E-state index is 0.489. The van der Waals surface area contributed by atoms with E-state index < -0.39 is 0 Å². The van der Waals surface area contributed by atoms with Gasteiger partial charge >= 0.3 is 0 Å². The monoisotopic (exact) mass is 337 g/mol. The van der Waals surface area contributed by atoms with E-state index in [0.717, 1.165) is 26.3 Å². The highest BCUT2D eigenvalue weighted by Crippen LogP contribution is 2.44. The lowest BCUT2D eigenvalue weighted by atomic mass is 10.1. The summed E-state index contributed by atoms with van der Waals surface area (Å²) in [5.41, 5.74) is 8.91. The van der Waals surface area contributed by atoms with E-state index in [4.69, 9.17) is 17.3 Å². The van der Waals surface area contributed by atoms with Gasteiger partial charge in [-0.25, -0.2) is 9.97 Å². The van der Waals surface area contributed by atoms with Crippen molar-refractivity contribution in [1.29, 1.82) is 0 Å². The molecule has 98 valence electrons. The van der Waals surface area contributed by atoms with Gasteiger partial charge in [0.2, 0.25) is 0 Å². The molecule has 1 fully saturated rings. The van der Waals surface area contributed by atoms with Crippen LogP contribution in [-0.4, -0.2) is 9.97 Å². The molecule has 1 aromatic heterocycles. The molecule has 19 heavy (non-hydrogen) atoms. The van der Waals surface area contributed by atoms with Crippen molar-refractivity contribution in [2.24, 2.45) is 0 Å². The van der Waals surface area contributed by atoms with Crippen LogP contribution in [0.25, 0.3) is 11.4 Å². The first-order chi connectivity index (χ1) is 9.06. The second-order valence-corrected chi connectivity index (χ2v) is 6.07. The first-order valence-corrected chi connectivity index (χ1v) is 7.33. The molecular weight excluding hydrogens is 326 g/mol. The molecule has 2 N–H and O–H groups in total. The predicted molar refractivity (Wildman–Crippen MR) is 81.3 cm³/mol. The average molecular weight is 339 g/mol. The molecule has 2 aromatic rings. The molecule has 0 amide bonds. The molecule has 3 rings (SSSR count). The number of hydrogen-bond acceptors (Lipinski definition) is 3. The second-order valence-electron chi connectivity index (χ2n) is 4.87. The third-order valence-electron chi connectivity index (χ3n) is 3.30. The molecule has 1 aliphatic rings.